The fourth-order valence-corrected chi connectivity index (χ4v) is 4.66. The second kappa shape index (κ2) is 9.98. The number of hydrogen-bond donors (Lipinski definition) is 4. The highest BCUT2D eigenvalue weighted by Crippen LogP contribution is 2.38. The average Bonchev–Trinajstić information content (AvgIpc) is 3.55. The zero-order valence-corrected chi connectivity index (χ0v) is 21.0. The molecule has 3 aromatic rings. The van der Waals surface area contributed by atoms with Crippen LogP contribution in [0.25, 0.3) is 22.3 Å². The summed E-state index contributed by atoms with van der Waals surface area (Å²) >= 11 is 0. The van der Waals surface area contributed by atoms with Gasteiger partial charge in [0.2, 0.25) is 0 Å². The minimum Gasteiger partial charge on any atom is -0.497 e. The van der Waals surface area contributed by atoms with Crippen molar-refractivity contribution in [1.82, 2.24) is 25.2 Å². The van der Waals surface area contributed by atoms with Gasteiger partial charge in [0.25, 0.3) is 11.8 Å². The van der Waals surface area contributed by atoms with Gasteiger partial charge >= 0.3 is 0 Å². The van der Waals surface area contributed by atoms with Gasteiger partial charge in [0.1, 0.15) is 35.1 Å². The summed E-state index contributed by atoms with van der Waals surface area (Å²) in [5, 5.41) is 22.8. The highest BCUT2D eigenvalue weighted by Gasteiger charge is 2.37. The molecule has 2 amide bonds. The van der Waals surface area contributed by atoms with E-state index in [2.05, 4.69) is 20.3 Å². The van der Waals surface area contributed by atoms with E-state index in [0.29, 0.717) is 52.0 Å². The van der Waals surface area contributed by atoms with Crippen LogP contribution >= 0.6 is 0 Å². The number of benzene rings is 1. The first-order chi connectivity index (χ1) is 17.8. The van der Waals surface area contributed by atoms with Gasteiger partial charge < -0.3 is 34.9 Å². The fraction of sp³-hybridized carbons (Fsp3) is 0.462. The van der Waals surface area contributed by atoms with Crippen molar-refractivity contribution in [3.63, 3.8) is 0 Å². The molecule has 3 atom stereocenters. The van der Waals surface area contributed by atoms with Gasteiger partial charge in [-0.2, -0.15) is 0 Å². The van der Waals surface area contributed by atoms with E-state index in [0.717, 1.165) is 18.4 Å². The van der Waals surface area contributed by atoms with Gasteiger partial charge in [0, 0.05) is 24.3 Å². The number of β-amino-alcohol motifs (C(OH)–C–C–N with tert-alkyl or cyclic N) is 1. The lowest BCUT2D eigenvalue weighted by Gasteiger charge is -2.18. The zero-order valence-electron chi connectivity index (χ0n) is 21.0. The van der Waals surface area contributed by atoms with Crippen LogP contribution in [0, 0.1) is 12.8 Å². The predicted octanol–water partition coefficient (Wildman–Crippen LogP) is 1.41. The van der Waals surface area contributed by atoms with Gasteiger partial charge in [0.05, 0.1) is 36.9 Å². The fourth-order valence-electron chi connectivity index (χ4n) is 4.66. The van der Waals surface area contributed by atoms with Gasteiger partial charge in [-0.1, -0.05) is 0 Å². The standard InChI is InChI=1S/C26H31N5O6/c1-13-21(25(34)30-18-9-31(10-19(18)33)26(35)14(2)32)23-24(29-13)22(27-12-28-23)17-8-16(36-3)6-7-20(17)37-11-15-4-5-15/h6-8,12,14-15,18-19,29,32-33H,4-5,9-11H2,1-3H3,(H,30,34)/t14-,18+,19-/m0/s1. The molecule has 3 heterocycles. The van der Waals surface area contributed by atoms with Crippen LogP contribution in [-0.2, 0) is 4.79 Å². The Kier molecular flexibility index (Phi) is 6.74. The Labute approximate surface area is 213 Å². The van der Waals surface area contributed by atoms with E-state index >= 15 is 0 Å². The van der Waals surface area contributed by atoms with E-state index in [1.807, 2.05) is 18.2 Å². The number of nitrogens with zero attached hydrogens (tertiary/aromatic N) is 3. The number of likely N-dealkylation sites (tertiary alicyclic amines) is 1. The SMILES string of the molecule is COc1ccc(OCC2CC2)c(-c2ncnc3c(C(=O)N[C@@H]4CN(C(=O)[C@H](C)O)C[C@@H]4O)c(C)[nH]c23)c1. The summed E-state index contributed by atoms with van der Waals surface area (Å²) in [6, 6.07) is 4.86. The number of aromatic nitrogens is 3. The molecule has 0 bridgehead atoms. The number of rotatable bonds is 8. The maximum Gasteiger partial charge on any atom is 0.255 e. The number of carbonyl (C=O) groups is 2. The molecule has 2 fully saturated rings. The number of aromatic amines is 1. The summed E-state index contributed by atoms with van der Waals surface area (Å²) in [6.45, 7) is 3.91. The third-order valence-electron chi connectivity index (χ3n) is 6.89. The lowest BCUT2D eigenvalue weighted by molar-refractivity contribution is -0.138. The van der Waals surface area contributed by atoms with Crippen LogP contribution in [0.2, 0.25) is 0 Å². The number of aliphatic hydroxyl groups excluding tert-OH is 2. The highest BCUT2D eigenvalue weighted by molar-refractivity contribution is 6.09. The van der Waals surface area contributed by atoms with Crippen molar-refractivity contribution in [3.05, 3.63) is 35.8 Å². The van der Waals surface area contributed by atoms with E-state index in [9.17, 15) is 19.8 Å². The van der Waals surface area contributed by atoms with Crippen LogP contribution in [0.1, 0.15) is 35.8 Å². The van der Waals surface area contributed by atoms with Crippen molar-refractivity contribution in [1.29, 1.82) is 0 Å². The molecular weight excluding hydrogens is 478 g/mol. The molecule has 2 aromatic heterocycles. The van der Waals surface area contributed by atoms with Crippen molar-refractivity contribution in [2.24, 2.45) is 5.92 Å². The van der Waals surface area contributed by atoms with Crippen molar-refractivity contribution in [2.45, 2.75) is 44.9 Å². The molecule has 1 aliphatic heterocycles. The van der Waals surface area contributed by atoms with E-state index in [-0.39, 0.29) is 13.1 Å². The molecule has 196 valence electrons. The quantitative estimate of drug-likeness (QED) is 0.356. The first kappa shape index (κ1) is 25.0. The molecule has 1 aliphatic carbocycles. The number of aryl methyl sites for hydroxylation is 1. The number of hydrogen-bond acceptors (Lipinski definition) is 8. The van der Waals surface area contributed by atoms with E-state index < -0.39 is 30.1 Å². The average molecular weight is 510 g/mol. The summed E-state index contributed by atoms with van der Waals surface area (Å²) in [7, 11) is 1.59. The number of nitrogens with one attached hydrogen (secondary N) is 2. The monoisotopic (exact) mass is 509 g/mol. The van der Waals surface area contributed by atoms with Crippen LogP contribution in [0.5, 0.6) is 11.5 Å². The van der Waals surface area contributed by atoms with Crippen LogP contribution in [0.3, 0.4) is 0 Å². The molecule has 11 heteroatoms. The maximum absolute atomic E-state index is 13.4. The van der Waals surface area contributed by atoms with Crippen LogP contribution in [0.4, 0.5) is 0 Å². The third-order valence-corrected chi connectivity index (χ3v) is 6.89. The van der Waals surface area contributed by atoms with Crippen molar-refractivity contribution in [2.75, 3.05) is 26.8 Å². The Bertz CT molecular complexity index is 1330. The number of aliphatic hydroxyl groups is 2. The second-order valence-corrected chi connectivity index (χ2v) is 9.75. The lowest BCUT2D eigenvalue weighted by atomic mass is 10.1. The van der Waals surface area contributed by atoms with Crippen LogP contribution < -0.4 is 14.8 Å². The summed E-state index contributed by atoms with van der Waals surface area (Å²) < 4.78 is 11.5. The number of H-pyrrole nitrogens is 1. The minimum atomic E-state index is -1.18. The number of ether oxygens (including phenoxy) is 2. The maximum atomic E-state index is 13.4. The number of methoxy groups -OCH3 is 1. The summed E-state index contributed by atoms with van der Waals surface area (Å²) in [6.07, 6.45) is 1.60. The van der Waals surface area contributed by atoms with E-state index in [4.69, 9.17) is 9.47 Å². The highest BCUT2D eigenvalue weighted by atomic mass is 16.5. The minimum absolute atomic E-state index is 0.0351. The second-order valence-electron chi connectivity index (χ2n) is 9.75. The smallest absolute Gasteiger partial charge is 0.255 e. The summed E-state index contributed by atoms with van der Waals surface area (Å²) in [5.74, 6) is 0.964. The molecule has 0 unspecified atom stereocenters. The van der Waals surface area contributed by atoms with Crippen LogP contribution in [-0.4, -0.2) is 86.9 Å². The topological polar surface area (TPSA) is 150 Å². The van der Waals surface area contributed by atoms with Crippen molar-refractivity contribution < 1.29 is 29.3 Å². The molecule has 37 heavy (non-hydrogen) atoms. The predicted molar refractivity (Wildman–Crippen MR) is 134 cm³/mol. The van der Waals surface area contributed by atoms with Gasteiger partial charge in [-0.05, 0) is 50.8 Å². The van der Waals surface area contributed by atoms with Crippen molar-refractivity contribution in [3.8, 4) is 22.8 Å². The Hall–Kier alpha value is -3.70. The molecule has 2 aliphatic rings. The normalized spacial score (nSPS) is 20.2. The summed E-state index contributed by atoms with van der Waals surface area (Å²) in [5.41, 5.74) is 3.22. The van der Waals surface area contributed by atoms with E-state index in [1.54, 1.807) is 14.0 Å². The van der Waals surface area contributed by atoms with Gasteiger partial charge in [-0.25, -0.2) is 9.97 Å². The Morgan fingerprint density at radius 1 is 1.27 bits per heavy atom. The Morgan fingerprint density at radius 3 is 2.76 bits per heavy atom. The lowest BCUT2D eigenvalue weighted by Crippen LogP contribution is -2.43. The first-order valence-electron chi connectivity index (χ1n) is 12.4. The number of amides is 2. The first-order valence-corrected chi connectivity index (χ1v) is 12.4. The van der Waals surface area contributed by atoms with Crippen molar-refractivity contribution >= 4 is 22.8 Å². The molecular formula is C26H31N5O6. The molecule has 0 spiro atoms. The van der Waals surface area contributed by atoms with Gasteiger partial charge in [0.15, 0.2) is 0 Å². The third kappa shape index (κ3) is 4.96. The molecule has 4 N–H and O–H groups in total. The summed E-state index contributed by atoms with van der Waals surface area (Å²) in [4.78, 5) is 39.0. The van der Waals surface area contributed by atoms with E-state index in [1.165, 1.54) is 18.2 Å². The van der Waals surface area contributed by atoms with Crippen LogP contribution in [0.15, 0.2) is 24.5 Å². The van der Waals surface area contributed by atoms with Gasteiger partial charge in [-0.3, -0.25) is 9.59 Å². The molecule has 1 aromatic carbocycles. The molecule has 5 rings (SSSR count). The Balaban J connectivity index is 1.45. The number of carbonyl (C=O) groups excluding carboxylic acids is 2. The molecule has 11 nitrogen and oxygen atoms in total. The largest absolute Gasteiger partial charge is 0.497 e. The molecule has 1 saturated heterocycles. The molecule has 1 saturated carbocycles. The Morgan fingerprint density at radius 2 is 2.05 bits per heavy atom. The zero-order chi connectivity index (χ0) is 26.3. The van der Waals surface area contributed by atoms with Gasteiger partial charge in [-0.15, -0.1) is 0 Å². The number of fused-ring (bicyclic) bond motifs is 1. The molecule has 0 radical (unpaired) electrons.